The zero-order valence-corrected chi connectivity index (χ0v) is 22.1. The normalized spacial score (nSPS) is 14.8. The van der Waals surface area contributed by atoms with Gasteiger partial charge in [-0.25, -0.2) is 4.79 Å². The van der Waals surface area contributed by atoms with Crippen molar-refractivity contribution in [3.05, 3.63) is 75.4 Å². The molecule has 0 radical (unpaired) electrons. The molecule has 1 aliphatic heterocycles. The fraction of sp³-hybridized carbons (Fsp3) is 0.333. The number of nitrogens with one attached hydrogen (secondary N) is 1. The summed E-state index contributed by atoms with van der Waals surface area (Å²) in [4.78, 5) is 31.3. The number of benzene rings is 2. The summed E-state index contributed by atoms with van der Waals surface area (Å²) in [6, 6.07) is 15.7. The lowest BCUT2D eigenvalue weighted by Gasteiger charge is -2.37. The standard InChI is InChI=1S/C27H30ClN3O4S/c1-18(2)31(27(33)29-20-8-6-7-19(28)15-20)16-26(32)30-13-11-25-21(12-14-36-25)22(30)17-35-24-10-5-4-9-23(24)34-3/h4-10,12,14-15,18,22H,11,13,16-17H2,1-3H3,(H,29,33)/t22-/m0/s1. The number of urea groups is 1. The fourth-order valence-corrected chi connectivity index (χ4v) is 5.39. The molecule has 9 heteroatoms. The van der Waals surface area contributed by atoms with E-state index < -0.39 is 0 Å². The molecule has 3 amide bonds. The first-order chi connectivity index (χ1) is 17.4. The molecule has 0 aliphatic carbocycles. The Balaban J connectivity index is 1.50. The maximum atomic E-state index is 13.6. The fourth-order valence-electron chi connectivity index (χ4n) is 4.27. The van der Waals surface area contributed by atoms with Crippen molar-refractivity contribution in [2.75, 3.05) is 32.1 Å². The zero-order chi connectivity index (χ0) is 25.7. The molecule has 36 heavy (non-hydrogen) atoms. The van der Waals surface area contributed by atoms with Gasteiger partial charge in [0, 0.05) is 28.2 Å². The molecule has 0 saturated carbocycles. The Labute approximate surface area is 220 Å². The third-order valence-corrected chi connectivity index (χ3v) is 7.38. The van der Waals surface area contributed by atoms with Gasteiger partial charge in [-0.1, -0.05) is 29.8 Å². The highest BCUT2D eigenvalue weighted by Gasteiger charge is 2.34. The number of anilines is 1. The number of carbonyl (C=O) groups excluding carboxylic acids is 2. The number of fused-ring (bicyclic) bond motifs is 1. The second-order valence-corrected chi connectivity index (χ2v) is 10.2. The second kappa shape index (κ2) is 11.7. The van der Waals surface area contributed by atoms with Crippen molar-refractivity contribution >= 4 is 40.6 Å². The molecule has 4 rings (SSSR count). The number of rotatable bonds is 8. The van der Waals surface area contributed by atoms with Crippen LogP contribution in [0.4, 0.5) is 10.5 Å². The summed E-state index contributed by atoms with van der Waals surface area (Å²) in [6.45, 7) is 4.58. The lowest BCUT2D eigenvalue weighted by molar-refractivity contribution is -0.135. The van der Waals surface area contributed by atoms with Crippen molar-refractivity contribution < 1.29 is 19.1 Å². The van der Waals surface area contributed by atoms with E-state index in [9.17, 15) is 9.59 Å². The largest absolute Gasteiger partial charge is 0.493 e. The number of thiophene rings is 1. The summed E-state index contributed by atoms with van der Waals surface area (Å²) in [5.41, 5.74) is 1.67. The van der Waals surface area contributed by atoms with Crippen LogP contribution in [0, 0.1) is 0 Å². The second-order valence-electron chi connectivity index (χ2n) is 8.78. The number of nitrogens with zero attached hydrogens (tertiary/aromatic N) is 2. The molecule has 2 aromatic carbocycles. The predicted molar refractivity (Wildman–Crippen MR) is 143 cm³/mol. The van der Waals surface area contributed by atoms with Gasteiger partial charge in [-0.2, -0.15) is 0 Å². The van der Waals surface area contributed by atoms with E-state index in [2.05, 4.69) is 11.4 Å². The van der Waals surface area contributed by atoms with Crippen LogP contribution in [0.3, 0.4) is 0 Å². The smallest absolute Gasteiger partial charge is 0.322 e. The number of carbonyl (C=O) groups is 2. The van der Waals surface area contributed by atoms with Crippen molar-refractivity contribution in [2.45, 2.75) is 32.4 Å². The van der Waals surface area contributed by atoms with Crippen LogP contribution in [0.25, 0.3) is 0 Å². The number of ether oxygens (including phenoxy) is 2. The molecular formula is C27H30ClN3O4S. The minimum absolute atomic E-state index is 0.0469. The van der Waals surface area contributed by atoms with Crippen LogP contribution >= 0.6 is 22.9 Å². The van der Waals surface area contributed by atoms with Crippen molar-refractivity contribution in [1.29, 1.82) is 0 Å². The first-order valence-corrected chi connectivity index (χ1v) is 13.1. The summed E-state index contributed by atoms with van der Waals surface area (Å²) in [6.07, 6.45) is 0.778. The lowest BCUT2D eigenvalue weighted by Crippen LogP contribution is -2.50. The summed E-state index contributed by atoms with van der Waals surface area (Å²) < 4.78 is 11.6. The number of para-hydroxylation sites is 2. The maximum Gasteiger partial charge on any atom is 0.322 e. The van der Waals surface area contributed by atoms with Gasteiger partial charge in [-0.05, 0) is 67.6 Å². The Morgan fingerprint density at radius 2 is 1.94 bits per heavy atom. The van der Waals surface area contributed by atoms with E-state index in [1.54, 1.807) is 42.7 Å². The van der Waals surface area contributed by atoms with Crippen molar-refractivity contribution in [1.82, 2.24) is 9.80 Å². The topological polar surface area (TPSA) is 71.1 Å². The van der Waals surface area contributed by atoms with Gasteiger partial charge < -0.3 is 24.6 Å². The average molecular weight is 528 g/mol. The molecule has 0 saturated heterocycles. The molecule has 3 aromatic rings. The molecule has 7 nitrogen and oxygen atoms in total. The van der Waals surface area contributed by atoms with Gasteiger partial charge in [0.25, 0.3) is 0 Å². The third kappa shape index (κ3) is 5.94. The Hall–Kier alpha value is -3.23. The summed E-state index contributed by atoms with van der Waals surface area (Å²) >= 11 is 7.75. The Bertz CT molecular complexity index is 1210. The SMILES string of the molecule is COc1ccccc1OC[C@H]1c2ccsc2CCN1C(=O)CN(C(=O)Nc1cccc(Cl)c1)C(C)C. The van der Waals surface area contributed by atoms with Crippen molar-refractivity contribution in [3.63, 3.8) is 0 Å². The molecule has 1 aromatic heterocycles. The monoisotopic (exact) mass is 527 g/mol. The van der Waals surface area contributed by atoms with E-state index in [0.29, 0.717) is 28.8 Å². The lowest BCUT2D eigenvalue weighted by atomic mass is 10.0. The van der Waals surface area contributed by atoms with Gasteiger partial charge in [0.1, 0.15) is 13.2 Å². The minimum atomic E-state index is -0.351. The highest BCUT2D eigenvalue weighted by molar-refractivity contribution is 7.10. The average Bonchev–Trinajstić information content (AvgIpc) is 3.34. The van der Waals surface area contributed by atoms with Crippen molar-refractivity contribution in [2.24, 2.45) is 0 Å². The predicted octanol–water partition coefficient (Wildman–Crippen LogP) is 5.86. The summed E-state index contributed by atoms with van der Waals surface area (Å²) in [5.74, 6) is 1.13. The van der Waals surface area contributed by atoms with Gasteiger partial charge in [0.2, 0.25) is 5.91 Å². The number of methoxy groups -OCH3 is 1. The van der Waals surface area contributed by atoms with Crippen molar-refractivity contribution in [3.8, 4) is 11.5 Å². The molecular weight excluding hydrogens is 498 g/mol. The van der Waals surface area contributed by atoms with Crippen LogP contribution in [-0.2, 0) is 11.2 Å². The Kier molecular flexibility index (Phi) is 8.38. The molecule has 1 N–H and O–H groups in total. The van der Waals surface area contributed by atoms with Crippen LogP contribution in [0.1, 0.15) is 30.3 Å². The highest BCUT2D eigenvalue weighted by Crippen LogP contribution is 2.35. The maximum absolute atomic E-state index is 13.6. The number of amides is 3. The van der Waals surface area contributed by atoms with E-state index in [-0.39, 0.29) is 37.2 Å². The molecule has 0 spiro atoms. The molecule has 2 heterocycles. The van der Waals surface area contributed by atoms with Crippen LogP contribution in [-0.4, -0.2) is 54.6 Å². The molecule has 0 fully saturated rings. The molecule has 0 bridgehead atoms. The highest BCUT2D eigenvalue weighted by atomic mass is 35.5. The number of hydrogen-bond acceptors (Lipinski definition) is 5. The first-order valence-electron chi connectivity index (χ1n) is 11.8. The van der Waals surface area contributed by atoms with Crippen LogP contribution in [0.15, 0.2) is 60.0 Å². The molecule has 1 aliphatic rings. The van der Waals surface area contributed by atoms with Crippen LogP contribution in [0.5, 0.6) is 11.5 Å². The minimum Gasteiger partial charge on any atom is -0.493 e. The van der Waals surface area contributed by atoms with E-state index in [0.717, 1.165) is 12.0 Å². The number of halogens is 1. The molecule has 1 atom stereocenters. The van der Waals surface area contributed by atoms with Crippen LogP contribution < -0.4 is 14.8 Å². The molecule has 190 valence electrons. The van der Waals surface area contributed by atoms with Gasteiger partial charge in [-0.3, -0.25) is 4.79 Å². The van der Waals surface area contributed by atoms with Gasteiger partial charge in [0.15, 0.2) is 11.5 Å². The van der Waals surface area contributed by atoms with E-state index in [4.69, 9.17) is 21.1 Å². The Morgan fingerprint density at radius 3 is 2.67 bits per heavy atom. The van der Waals surface area contributed by atoms with Crippen LogP contribution in [0.2, 0.25) is 5.02 Å². The number of hydrogen-bond donors (Lipinski definition) is 1. The van der Waals surface area contributed by atoms with E-state index in [1.165, 1.54) is 9.78 Å². The summed E-state index contributed by atoms with van der Waals surface area (Å²) in [7, 11) is 1.60. The van der Waals surface area contributed by atoms with E-state index in [1.807, 2.05) is 48.4 Å². The quantitative estimate of drug-likeness (QED) is 0.398. The zero-order valence-electron chi connectivity index (χ0n) is 20.6. The van der Waals surface area contributed by atoms with E-state index >= 15 is 0 Å². The summed E-state index contributed by atoms with van der Waals surface area (Å²) in [5, 5.41) is 5.42. The van der Waals surface area contributed by atoms with Gasteiger partial charge >= 0.3 is 6.03 Å². The Morgan fingerprint density at radius 1 is 1.17 bits per heavy atom. The van der Waals surface area contributed by atoms with Gasteiger partial charge in [0.05, 0.1) is 13.2 Å². The van der Waals surface area contributed by atoms with Gasteiger partial charge in [-0.15, -0.1) is 11.3 Å². The molecule has 0 unspecified atom stereocenters. The first kappa shape index (κ1) is 25.9. The third-order valence-electron chi connectivity index (χ3n) is 6.15.